The maximum atomic E-state index is 13.6. The van der Waals surface area contributed by atoms with Crippen LogP contribution in [0.2, 0.25) is 5.02 Å². The van der Waals surface area contributed by atoms with E-state index in [1.54, 1.807) is 18.3 Å². The highest BCUT2D eigenvalue weighted by Gasteiger charge is 2.24. The lowest BCUT2D eigenvalue weighted by molar-refractivity contribution is 0.108. The molecule has 1 aliphatic rings. The van der Waals surface area contributed by atoms with Crippen molar-refractivity contribution in [3.05, 3.63) is 64.7 Å². The number of likely N-dealkylation sites (tertiary alicyclic amines) is 1. The number of aromatic nitrogens is 1. The van der Waals surface area contributed by atoms with Gasteiger partial charge in [0.15, 0.2) is 0 Å². The Hall–Kier alpha value is -1.49. The SMILES string of the molecule is CN1CCC(N(Cc2cccnc2)Cc2cc(F)ccc2Cl)CC1. The van der Waals surface area contributed by atoms with E-state index in [9.17, 15) is 4.39 Å². The van der Waals surface area contributed by atoms with Crippen molar-refractivity contribution in [2.75, 3.05) is 20.1 Å². The van der Waals surface area contributed by atoms with Gasteiger partial charge < -0.3 is 4.90 Å². The molecule has 0 atom stereocenters. The van der Waals surface area contributed by atoms with Gasteiger partial charge in [0.25, 0.3) is 0 Å². The average Bonchev–Trinajstić information content (AvgIpc) is 2.59. The highest BCUT2D eigenvalue weighted by atomic mass is 35.5. The molecule has 0 radical (unpaired) electrons. The van der Waals surface area contributed by atoms with Crippen molar-refractivity contribution < 1.29 is 4.39 Å². The van der Waals surface area contributed by atoms with Gasteiger partial charge >= 0.3 is 0 Å². The van der Waals surface area contributed by atoms with Crippen molar-refractivity contribution in [3.63, 3.8) is 0 Å². The molecule has 24 heavy (non-hydrogen) atoms. The third kappa shape index (κ3) is 4.53. The van der Waals surface area contributed by atoms with Gasteiger partial charge in [-0.1, -0.05) is 17.7 Å². The molecule has 1 fully saturated rings. The van der Waals surface area contributed by atoms with Crippen molar-refractivity contribution >= 4 is 11.6 Å². The van der Waals surface area contributed by atoms with Crippen molar-refractivity contribution in [1.82, 2.24) is 14.8 Å². The maximum Gasteiger partial charge on any atom is 0.123 e. The summed E-state index contributed by atoms with van der Waals surface area (Å²) < 4.78 is 13.6. The number of rotatable bonds is 5. The second-order valence-corrected chi connectivity index (χ2v) is 6.94. The monoisotopic (exact) mass is 347 g/mol. The van der Waals surface area contributed by atoms with E-state index in [0.717, 1.165) is 38.0 Å². The first kappa shape index (κ1) is 17.3. The van der Waals surface area contributed by atoms with Crippen molar-refractivity contribution in [2.45, 2.75) is 32.0 Å². The summed E-state index contributed by atoms with van der Waals surface area (Å²) in [7, 11) is 2.16. The molecule has 1 aromatic heterocycles. The van der Waals surface area contributed by atoms with E-state index in [1.165, 1.54) is 11.6 Å². The zero-order chi connectivity index (χ0) is 16.9. The van der Waals surface area contributed by atoms with Crippen LogP contribution in [0.3, 0.4) is 0 Å². The molecular weight excluding hydrogens is 325 g/mol. The van der Waals surface area contributed by atoms with E-state index in [0.29, 0.717) is 17.6 Å². The molecule has 2 heterocycles. The van der Waals surface area contributed by atoms with Crippen molar-refractivity contribution in [2.24, 2.45) is 0 Å². The zero-order valence-corrected chi connectivity index (χ0v) is 14.7. The van der Waals surface area contributed by atoms with Crippen LogP contribution in [0.25, 0.3) is 0 Å². The molecule has 0 saturated carbocycles. The highest BCUT2D eigenvalue weighted by molar-refractivity contribution is 6.31. The molecule has 0 spiro atoms. The predicted octanol–water partition coefficient (Wildman–Crippen LogP) is 3.97. The average molecular weight is 348 g/mol. The van der Waals surface area contributed by atoms with E-state index < -0.39 is 0 Å². The molecule has 3 rings (SSSR count). The Balaban J connectivity index is 1.79. The Morgan fingerprint density at radius 1 is 1.25 bits per heavy atom. The maximum absolute atomic E-state index is 13.6. The number of benzene rings is 1. The number of piperidine rings is 1. The molecule has 1 aliphatic heterocycles. The molecule has 3 nitrogen and oxygen atoms in total. The Kier molecular flexibility index (Phi) is 5.82. The second kappa shape index (κ2) is 8.06. The largest absolute Gasteiger partial charge is 0.306 e. The number of halogens is 2. The summed E-state index contributed by atoms with van der Waals surface area (Å²) in [6.45, 7) is 3.63. The first-order valence-corrected chi connectivity index (χ1v) is 8.75. The lowest BCUT2D eigenvalue weighted by Gasteiger charge is -2.37. The number of hydrogen-bond donors (Lipinski definition) is 0. The van der Waals surface area contributed by atoms with Crippen LogP contribution in [0.15, 0.2) is 42.7 Å². The van der Waals surface area contributed by atoms with Gasteiger partial charge in [-0.25, -0.2) is 4.39 Å². The lowest BCUT2D eigenvalue weighted by atomic mass is 10.0. The predicted molar refractivity (Wildman–Crippen MR) is 95.4 cm³/mol. The zero-order valence-electron chi connectivity index (χ0n) is 14.0. The summed E-state index contributed by atoms with van der Waals surface area (Å²) in [4.78, 5) is 8.98. The van der Waals surface area contributed by atoms with E-state index in [4.69, 9.17) is 11.6 Å². The molecule has 0 amide bonds. The molecule has 5 heteroatoms. The minimum Gasteiger partial charge on any atom is -0.306 e. The fourth-order valence-electron chi connectivity index (χ4n) is 3.28. The topological polar surface area (TPSA) is 19.4 Å². The van der Waals surface area contributed by atoms with Gasteiger partial charge in [0.2, 0.25) is 0 Å². The standard InChI is InChI=1S/C19H23ClFN3/c1-23-9-6-18(7-10-23)24(13-15-3-2-8-22-12-15)14-16-11-17(21)4-5-19(16)20/h2-5,8,11-12,18H,6-7,9-10,13-14H2,1H3. The van der Waals surface area contributed by atoms with Crippen LogP contribution in [0.1, 0.15) is 24.0 Å². The quantitative estimate of drug-likeness (QED) is 0.815. The van der Waals surface area contributed by atoms with Gasteiger partial charge in [-0.2, -0.15) is 0 Å². The van der Waals surface area contributed by atoms with E-state index in [2.05, 4.69) is 27.9 Å². The second-order valence-electron chi connectivity index (χ2n) is 6.54. The summed E-state index contributed by atoms with van der Waals surface area (Å²) in [6, 6.07) is 9.11. The summed E-state index contributed by atoms with van der Waals surface area (Å²) in [5.74, 6) is -0.237. The van der Waals surface area contributed by atoms with Gasteiger partial charge in [0.1, 0.15) is 5.82 Å². The number of pyridine rings is 1. The summed E-state index contributed by atoms with van der Waals surface area (Å²) in [5.41, 5.74) is 2.02. The minimum atomic E-state index is -0.237. The van der Waals surface area contributed by atoms with E-state index in [-0.39, 0.29) is 5.82 Å². The van der Waals surface area contributed by atoms with E-state index >= 15 is 0 Å². The fraction of sp³-hybridized carbons (Fsp3) is 0.421. The van der Waals surface area contributed by atoms with Crippen LogP contribution in [0.5, 0.6) is 0 Å². The Bertz CT molecular complexity index is 657. The van der Waals surface area contributed by atoms with Crippen LogP contribution >= 0.6 is 11.6 Å². The molecule has 1 saturated heterocycles. The molecule has 0 aliphatic carbocycles. The first-order valence-electron chi connectivity index (χ1n) is 8.37. The number of hydrogen-bond acceptors (Lipinski definition) is 3. The first-order chi connectivity index (χ1) is 11.6. The van der Waals surface area contributed by atoms with Crippen molar-refractivity contribution in [3.8, 4) is 0 Å². The summed E-state index contributed by atoms with van der Waals surface area (Å²) >= 11 is 6.29. The van der Waals surface area contributed by atoms with Crippen molar-refractivity contribution in [1.29, 1.82) is 0 Å². The van der Waals surface area contributed by atoms with Gasteiger partial charge in [-0.15, -0.1) is 0 Å². The summed E-state index contributed by atoms with van der Waals surface area (Å²) in [6.07, 6.45) is 5.91. The Morgan fingerprint density at radius 2 is 2.04 bits per heavy atom. The van der Waals surface area contributed by atoms with E-state index in [1.807, 2.05) is 12.3 Å². The normalized spacial score (nSPS) is 16.7. The minimum absolute atomic E-state index is 0.237. The van der Waals surface area contributed by atoms with Crippen LogP contribution in [-0.2, 0) is 13.1 Å². The third-order valence-electron chi connectivity index (χ3n) is 4.69. The lowest BCUT2D eigenvalue weighted by Crippen LogP contribution is -2.43. The summed E-state index contributed by atoms with van der Waals surface area (Å²) in [5, 5.41) is 0.625. The molecule has 0 bridgehead atoms. The highest BCUT2D eigenvalue weighted by Crippen LogP contribution is 2.24. The molecule has 1 aromatic carbocycles. The van der Waals surface area contributed by atoms with Gasteiger partial charge in [-0.05, 0) is 68.4 Å². The van der Waals surface area contributed by atoms with Crippen LogP contribution in [0.4, 0.5) is 4.39 Å². The molecule has 128 valence electrons. The Morgan fingerprint density at radius 3 is 2.75 bits per heavy atom. The Labute approximate surface area is 148 Å². The van der Waals surface area contributed by atoms with Crippen LogP contribution in [0, 0.1) is 5.82 Å². The molecular formula is C19H23ClFN3. The smallest absolute Gasteiger partial charge is 0.123 e. The third-order valence-corrected chi connectivity index (χ3v) is 5.06. The molecule has 0 unspecified atom stereocenters. The molecule has 2 aromatic rings. The van der Waals surface area contributed by atoms with Crippen LogP contribution in [-0.4, -0.2) is 41.0 Å². The van der Waals surface area contributed by atoms with Gasteiger partial charge in [0.05, 0.1) is 0 Å². The fourth-order valence-corrected chi connectivity index (χ4v) is 3.46. The van der Waals surface area contributed by atoms with Gasteiger partial charge in [-0.3, -0.25) is 9.88 Å². The number of nitrogens with zero attached hydrogens (tertiary/aromatic N) is 3. The molecule has 0 N–H and O–H groups in total. The van der Waals surface area contributed by atoms with Crippen LogP contribution < -0.4 is 0 Å². The van der Waals surface area contributed by atoms with Gasteiger partial charge in [0, 0.05) is 36.5 Å².